The SMILES string of the molecule is C/C=C\C(=C/C)CN(CCCCCCCC(=O)OCCCCCCCCC)CCCCCCCC(=O)OC(CC)CCCCCCCC.CCCCCCC. The monoisotopic (exact) mass is 776 g/mol. The minimum absolute atomic E-state index is 0.000560. The largest absolute Gasteiger partial charge is 0.466 e. The second kappa shape index (κ2) is 46.8. The maximum absolute atomic E-state index is 12.4. The Balaban J connectivity index is 0. The van der Waals surface area contributed by atoms with Gasteiger partial charge >= 0.3 is 11.9 Å². The highest BCUT2D eigenvalue weighted by molar-refractivity contribution is 5.69. The van der Waals surface area contributed by atoms with Crippen molar-refractivity contribution >= 4 is 11.9 Å². The fourth-order valence-corrected chi connectivity index (χ4v) is 6.99. The molecule has 0 radical (unpaired) electrons. The molecule has 0 N–H and O–H groups in total. The van der Waals surface area contributed by atoms with Crippen LogP contribution in [0.5, 0.6) is 0 Å². The Labute approximate surface area is 345 Å². The first-order valence-corrected chi connectivity index (χ1v) is 24.3. The lowest BCUT2D eigenvalue weighted by Crippen LogP contribution is -2.28. The highest BCUT2D eigenvalue weighted by Gasteiger charge is 2.12. The zero-order chi connectivity index (χ0) is 40.9. The third-order valence-corrected chi connectivity index (χ3v) is 10.7. The smallest absolute Gasteiger partial charge is 0.306 e. The van der Waals surface area contributed by atoms with Gasteiger partial charge < -0.3 is 9.47 Å². The lowest BCUT2D eigenvalue weighted by Gasteiger charge is -2.23. The molecule has 0 saturated carbocycles. The summed E-state index contributed by atoms with van der Waals surface area (Å²) in [4.78, 5) is 27.1. The molecule has 0 aliphatic rings. The number of esters is 2. The first-order valence-electron chi connectivity index (χ1n) is 24.3. The minimum Gasteiger partial charge on any atom is -0.466 e. The predicted molar refractivity (Wildman–Crippen MR) is 242 cm³/mol. The second-order valence-corrected chi connectivity index (χ2v) is 16.2. The molecule has 0 amide bonds. The van der Waals surface area contributed by atoms with E-state index < -0.39 is 0 Å². The van der Waals surface area contributed by atoms with Crippen molar-refractivity contribution in [3.8, 4) is 0 Å². The van der Waals surface area contributed by atoms with Crippen LogP contribution < -0.4 is 0 Å². The molecule has 0 rings (SSSR count). The zero-order valence-corrected chi connectivity index (χ0v) is 38.3. The molecule has 326 valence electrons. The Hall–Kier alpha value is -1.62. The lowest BCUT2D eigenvalue weighted by molar-refractivity contribution is -0.149. The maximum atomic E-state index is 12.4. The number of hydrogen-bond acceptors (Lipinski definition) is 5. The van der Waals surface area contributed by atoms with Crippen LogP contribution in [-0.4, -0.2) is 49.2 Å². The molecule has 1 unspecified atom stereocenters. The number of carbonyl (C=O) groups excluding carboxylic acids is 2. The minimum atomic E-state index is -0.0149. The van der Waals surface area contributed by atoms with Gasteiger partial charge in [-0.2, -0.15) is 0 Å². The summed E-state index contributed by atoms with van der Waals surface area (Å²) in [5.41, 5.74) is 1.38. The van der Waals surface area contributed by atoms with E-state index in [9.17, 15) is 9.59 Å². The van der Waals surface area contributed by atoms with E-state index >= 15 is 0 Å². The molecule has 0 aromatic heterocycles. The zero-order valence-electron chi connectivity index (χ0n) is 38.3. The number of hydrogen-bond donors (Lipinski definition) is 0. The van der Waals surface area contributed by atoms with Gasteiger partial charge in [0.15, 0.2) is 0 Å². The molecule has 0 spiro atoms. The fourth-order valence-electron chi connectivity index (χ4n) is 6.99. The van der Waals surface area contributed by atoms with Gasteiger partial charge in [0.05, 0.1) is 6.61 Å². The summed E-state index contributed by atoms with van der Waals surface area (Å²) in [7, 11) is 0. The lowest BCUT2D eigenvalue weighted by atomic mass is 10.1. The van der Waals surface area contributed by atoms with E-state index in [0.717, 1.165) is 64.6 Å². The third kappa shape index (κ3) is 43.3. The first kappa shape index (κ1) is 55.5. The van der Waals surface area contributed by atoms with E-state index in [4.69, 9.17) is 9.47 Å². The van der Waals surface area contributed by atoms with Gasteiger partial charge in [0, 0.05) is 19.4 Å². The van der Waals surface area contributed by atoms with E-state index in [1.165, 1.54) is 153 Å². The summed E-state index contributed by atoms with van der Waals surface area (Å²) in [5.74, 6) is -0.0144. The number of unbranched alkanes of at least 4 members (excludes halogenated alkanes) is 23. The standard InChI is InChI=1S/C43H81NO4.C7H16/c1-6-11-13-15-17-25-31-38-47-42(45)34-27-21-18-23-29-36-44(39-40(9-4)32-8-3)37-30-24-19-22-28-35-43(46)48-41(10-5)33-26-20-16-14-12-7-2;1-3-5-7-6-4-2/h8-9,32,41H,6-7,10-31,33-39H2,1-5H3;3-7H2,1-2H3/b32-8-,40-9+;. The van der Waals surface area contributed by atoms with Crippen LogP contribution >= 0.6 is 0 Å². The highest BCUT2D eigenvalue weighted by atomic mass is 16.5. The van der Waals surface area contributed by atoms with Crippen molar-refractivity contribution in [3.05, 3.63) is 23.8 Å². The molecule has 0 aliphatic carbocycles. The van der Waals surface area contributed by atoms with Gasteiger partial charge in [-0.05, 0) is 83.9 Å². The second-order valence-electron chi connectivity index (χ2n) is 16.2. The van der Waals surface area contributed by atoms with Crippen LogP contribution in [0.15, 0.2) is 23.8 Å². The Bertz CT molecular complexity index is 849. The Morgan fingerprint density at radius 2 is 0.927 bits per heavy atom. The van der Waals surface area contributed by atoms with Gasteiger partial charge in [-0.15, -0.1) is 0 Å². The molecular weight excluding hydrogens is 679 g/mol. The van der Waals surface area contributed by atoms with Crippen LogP contribution in [0.1, 0.15) is 254 Å². The molecule has 5 heteroatoms. The van der Waals surface area contributed by atoms with Crippen molar-refractivity contribution in [2.75, 3.05) is 26.2 Å². The first-order chi connectivity index (χ1) is 26.9. The molecule has 55 heavy (non-hydrogen) atoms. The van der Waals surface area contributed by atoms with Gasteiger partial charge in [0.2, 0.25) is 0 Å². The molecule has 1 atom stereocenters. The van der Waals surface area contributed by atoms with Gasteiger partial charge in [-0.3, -0.25) is 14.5 Å². The molecular formula is C50H97NO4. The molecule has 0 aliphatic heterocycles. The number of ether oxygens (including phenoxy) is 2. The van der Waals surface area contributed by atoms with Crippen LogP contribution in [0.25, 0.3) is 0 Å². The van der Waals surface area contributed by atoms with E-state index in [2.05, 4.69) is 71.6 Å². The van der Waals surface area contributed by atoms with Crippen molar-refractivity contribution in [1.82, 2.24) is 4.90 Å². The molecule has 0 aromatic rings. The Morgan fingerprint density at radius 3 is 1.40 bits per heavy atom. The van der Waals surface area contributed by atoms with Gasteiger partial charge in [-0.1, -0.05) is 194 Å². The predicted octanol–water partition coefficient (Wildman–Crippen LogP) is 15.8. The van der Waals surface area contributed by atoms with Gasteiger partial charge in [0.25, 0.3) is 0 Å². The summed E-state index contributed by atoms with van der Waals surface area (Å²) in [6, 6.07) is 0. The van der Waals surface area contributed by atoms with E-state index in [1.54, 1.807) is 0 Å². The molecule has 5 nitrogen and oxygen atoms in total. The normalized spacial score (nSPS) is 12.3. The number of rotatable bonds is 40. The molecule has 0 bridgehead atoms. The highest BCUT2D eigenvalue weighted by Crippen LogP contribution is 2.16. The van der Waals surface area contributed by atoms with E-state index in [-0.39, 0.29) is 18.0 Å². The van der Waals surface area contributed by atoms with Crippen molar-refractivity contribution in [2.45, 2.75) is 260 Å². The average molecular weight is 776 g/mol. The van der Waals surface area contributed by atoms with E-state index in [1.807, 2.05) is 0 Å². The summed E-state index contributed by atoms with van der Waals surface area (Å²) >= 11 is 0. The number of allylic oxidation sites excluding steroid dienone is 2. The molecule has 0 fully saturated rings. The van der Waals surface area contributed by atoms with Crippen molar-refractivity contribution in [1.29, 1.82) is 0 Å². The summed E-state index contributed by atoms with van der Waals surface area (Å²) in [5, 5.41) is 0. The van der Waals surface area contributed by atoms with Crippen LogP contribution in [0.4, 0.5) is 0 Å². The Kier molecular flexibility index (Phi) is 47.2. The quantitative estimate of drug-likeness (QED) is 0.0352. The van der Waals surface area contributed by atoms with Gasteiger partial charge in [-0.25, -0.2) is 0 Å². The molecule has 0 saturated heterocycles. The topological polar surface area (TPSA) is 55.8 Å². The summed E-state index contributed by atoms with van der Waals surface area (Å²) < 4.78 is 11.2. The number of nitrogens with zero attached hydrogens (tertiary/aromatic N) is 1. The van der Waals surface area contributed by atoms with Crippen molar-refractivity contribution in [3.63, 3.8) is 0 Å². The van der Waals surface area contributed by atoms with Crippen molar-refractivity contribution < 1.29 is 19.1 Å². The van der Waals surface area contributed by atoms with Crippen LogP contribution in [0.2, 0.25) is 0 Å². The van der Waals surface area contributed by atoms with Crippen LogP contribution in [-0.2, 0) is 19.1 Å². The third-order valence-electron chi connectivity index (χ3n) is 10.7. The maximum Gasteiger partial charge on any atom is 0.306 e. The van der Waals surface area contributed by atoms with Gasteiger partial charge in [0.1, 0.15) is 6.10 Å². The summed E-state index contributed by atoms with van der Waals surface area (Å²) in [6.45, 7) is 19.2. The molecule has 0 heterocycles. The fraction of sp³-hybridized carbons (Fsp3) is 0.880. The van der Waals surface area contributed by atoms with E-state index in [0.29, 0.717) is 19.4 Å². The average Bonchev–Trinajstić information content (AvgIpc) is 3.18. The Morgan fingerprint density at radius 1 is 0.509 bits per heavy atom. The van der Waals surface area contributed by atoms with Crippen LogP contribution in [0.3, 0.4) is 0 Å². The summed E-state index contributed by atoms with van der Waals surface area (Å²) in [6.07, 6.45) is 44.5. The molecule has 0 aromatic carbocycles. The van der Waals surface area contributed by atoms with Crippen molar-refractivity contribution in [2.24, 2.45) is 0 Å². The van der Waals surface area contributed by atoms with Crippen LogP contribution in [0, 0.1) is 0 Å². The number of carbonyl (C=O) groups is 2.